The summed E-state index contributed by atoms with van der Waals surface area (Å²) >= 11 is 0. The average Bonchev–Trinajstić information content (AvgIpc) is 2.01. The highest BCUT2D eigenvalue weighted by atomic mass is 16.5. The molecule has 0 N–H and O–H groups in total. The Hall–Kier alpha value is -0.570. The summed E-state index contributed by atoms with van der Waals surface area (Å²) in [7, 11) is 3.06. The Morgan fingerprint density at radius 2 is 1.00 bits per heavy atom. The second kappa shape index (κ2) is 9.64. The second-order valence-electron chi connectivity index (χ2n) is 6.01. The predicted octanol–water partition coefficient (Wildman–Crippen LogP) is 3.66. The zero-order valence-electron chi connectivity index (χ0n) is 12.7. The van der Waals surface area contributed by atoms with Gasteiger partial charge in [0.1, 0.15) is 0 Å². The third kappa shape index (κ3) is 106. The van der Waals surface area contributed by atoms with Crippen molar-refractivity contribution in [2.24, 2.45) is 5.41 Å². The van der Waals surface area contributed by atoms with Crippen LogP contribution >= 0.6 is 0 Å². The monoisotopic (exact) mass is 234 g/mol. The number of hydrogen-bond acceptors (Lipinski definition) is 3. The van der Waals surface area contributed by atoms with E-state index in [0.717, 1.165) is 0 Å². The van der Waals surface area contributed by atoms with Gasteiger partial charge in [0.25, 0.3) is 0 Å². The van der Waals surface area contributed by atoms with Crippen molar-refractivity contribution in [2.45, 2.75) is 61.0 Å². The number of rotatable bonds is 0. The summed E-state index contributed by atoms with van der Waals surface area (Å²) in [6, 6.07) is 0. The molecule has 0 atom stereocenters. The summed E-state index contributed by atoms with van der Waals surface area (Å²) in [6.45, 7) is 16.2. The molecule has 0 spiro atoms. The summed E-state index contributed by atoms with van der Waals surface area (Å²) < 4.78 is 9.05. The van der Waals surface area contributed by atoms with Gasteiger partial charge in [0.05, 0.1) is 12.7 Å². The highest BCUT2D eigenvalue weighted by molar-refractivity contribution is 5.65. The quantitative estimate of drug-likeness (QED) is 0.600. The summed E-state index contributed by atoms with van der Waals surface area (Å²) in [5, 5.41) is 0. The van der Waals surface area contributed by atoms with Gasteiger partial charge in [0.15, 0.2) is 0 Å². The van der Waals surface area contributed by atoms with Crippen molar-refractivity contribution in [2.75, 3.05) is 14.2 Å². The van der Waals surface area contributed by atoms with E-state index < -0.39 is 0 Å². The average molecular weight is 234 g/mol. The maximum Gasteiger partial charge on any atom is 0.302 e. The smallest absolute Gasteiger partial charge is 0.302 e. The second-order valence-corrected chi connectivity index (χ2v) is 6.01. The first-order valence-electron chi connectivity index (χ1n) is 5.43. The van der Waals surface area contributed by atoms with Crippen molar-refractivity contribution in [3.05, 3.63) is 0 Å². The van der Waals surface area contributed by atoms with Crippen molar-refractivity contribution < 1.29 is 14.3 Å². The van der Waals surface area contributed by atoms with E-state index in [0.29, 0.717) is 5.41 Å². The largest absolute Gasteiger partial charge is 0.469 e. The van der Waals surface area contributed by atoms with Crippen molar-refractivity contribution in [3.8, 4) is 0 Å². The van der Waals surface area contributed by atoms with Crippen LogP contribution in [0.4, 0.5) is 0 Å². The van der Waals surface area contributed by atoms with Gasteiger partial charge in [0.2, 0.25) is 0 Å². The fraction of sp³-hybridized carbons (Fsp3) is 0.923. The van der Waals surface area contributed by atoms with Crippen LogP contribution in [0.3, 0.4) is 0 Å². The molecule has 0 aromatic heterocycles. The minimum atomic E-state index is -0.245. The normalized spacial score (nSPS) is 10.4. The molecule has 0 fully saturated rings. The highest BCUT2D eigenvalue weighted by Gasteiger charge is 2.04. The van der Waals surface area contributed by atoms with Crippen LogP contribution in [0, 0.1) is 5.41 Å². The van der Waals surface area contributed by atoms with E-state index in [1.165, 1.54) is 14.0 Å². The van der Waals surface area contributed by atoms with E-state index in [2.05, 4.69) is 32.4 Å². The SMILES string of the molecule is CC(C)(C)C.COC(C)(C)C.COC(C)=O. The minimum absolute atomic E-state index is 0.0417. The van der Waals surface area contributed by atoms with Crippen molar-refractivity contribution in [1.82, 2.24) is 0 Å². The van der Waals surface area contributed by atoms with Gasteiger partial charge in [-0.3, -0.25) is 4.79 Å². The molecule has 0 aliphatic carbocycles. The van der Waals surface area contributed by atoms with Gasteiger partial charge in [-0.25, -0.2) is 0 Å². The molecule has 0 aliphatic heterocycles. The Kier molecular flexibility index (Phi) is 12.5. The molecule has 0 aromatic rings. The third-order valence-electron chi connectivity index (χ3n) is 0.900. The van der Waals surface area contributed by atoms with Gasteiger partial charge in [0, 0.05) is 14.0 Å². The predicted molar refractivity (Wildman–Crippen MR) is 69.6 cm³/mol. The topological polar surface area (TPSA) is 35.5 Å². The molecular formula is C13H30O3. The summed E-state index contributed by atoms with van der Waals surface area (Å²) in [4.78, 5) is 9.59. The van der Waals surface area contributed by atoms with Crippen LogP contribution < -0.4 is 0 Å². The van der Waals surface area contributed by atoms with Crippen LogP contribution in [0.5, 0.6) is 0 Å². The molecule has 0 radical (unpaired) electrons. The lowest BCUT2D eigenvalue weighted by atomic mass is 10.0. The molecule has 3 heteroatoms. The van der Waals surface area contributed by atoms with E-state index in [1.807, 2.05) is 20.8 Å². The van der Waals surface area contributed by atoms with Crippen LogP contribution in [0.2, 0.25) is 0 Å². The first kappa shape index (κ1) is 20.8. The lowest BCUT2D eigenvalue weighted by Crippen LogP contribution is -2.15. The van der Waals surface area contributed by atoms with Gasteiger partial charge >= 0.3 is 5.97 Å². The summed E-state index contributed by atoms with van der Waals surface area (Å²) in [5.41, 5.74) is 0.542. The fourth-order valence-corrected chi connectivity index (χ4v) is 0. The van der Waals surface area contributed by atoms with Gasteiger partial charge in [-0.15, -0.1) is 0 Å². The fourth-order valence-electron chi connectivity index (χ4n) is 0. The van der Waals surface area contributed by atoms with E-state index in [9.17, 15) is 4.79 Å². The molecule has 0 rings (SSSR count). The van der Waals surface area contributed by atoms with E-state index in [-0.39, 0.29) is 11.6 Å². The molecule has 0 bridgehead atoms. The van der Waals surface area contributed by atoms with Gasteiger partial charge in [-0.2, -0.15) is 0 Å². The zero-order chi connectivity index (χ0) is 14.0. The molecule has 0 aromatic carbocycles. The lowest BCUT2D eigenvalue weighted by molar-refractivity contribution is -0.137. The Bertz CT molecular complexity index is 155. The third-order valence-corrected chi connectivity index (χ3v) is 0.900. The molecule has 100 valence electrons. The Labute approximate surface area is 102 Å². The summed E-state index contributed by atoms with van der Waals surface area (Å²) in [5.74, 6) is -0.245. The van der Waals surface area contributed by atoms with Gasteiger partial charge in [-0.1, -0.05) is 27.7 Å². The molecule has 0 unspecified atom stereocenters. The van der Waals surface area contributed by atoms with E-state index in [1.54, 1.807) is 7.11 Å². The maximum absolute atomic E-state index is 9.59. The number of carbonyl (C=O) groups excluding carboxylic acids is 1. The number of esters is 1. The van der Waals surface area contributed by atoms with Crippen LogP contribution in [0.15, 0.2) is 0 Å². The molecule has 0 aliphatic rings. The zero-order valence-corrected chi connectivity index (χ0v) is 12.7. The molecule has 3 nitrogen and oxygen atoms in total. The van der Waals surface area contributed by atoms with Crippen LogP contribution in [0.1, 0.15) is 55.4 Å². The number of carbonyl (C=O) groups is 1. The molecule has 0 saturated carbocycles. The number of hydrogen-bond donors (Lipinski definition) is 0. The molecular weight excluding hydrogens is 204 g/mol. The van der Waals surface area contributed by atoms with Crippen molar-refractivity contribution >= 4 is 5.97 Å². The Balaban J connectivity index is -0.000000160. The number of methoxy groups -OCH3 is 2. The Morgan fingerprint density at radius 3 is 1.00 bits per heavy atom. The molecule has 0 amide bonds. The van der Waals surface area contributed by atoms with Crippen molar-refractivity contribution in [1.29, 1.82) is 0 Å². The van der Waals surface area contributed by atoms with Crippen LogP contribution in [0.25, 0.3) is 0 Å². The molecule has 0 saturated heterocycles. The van der Waals surface area contributed by atoms with E-state index >= 15 is 0 Å². The maximum atomic E-state index is 9.59. The minimum Gasteiger partial charge on any atom is -0.469 e. The van der Waals surface area contributed by atoms with Crippen LogP contribution in [-0.4, -0.2) is 25.8 Å². The van der Waals surface area contributed by atoms with Gasteiger partial charge < -0.3 is 9.47 Å². The van der Waals surface area contributed by atoms with Gasteiger partial charge in [-0.05, 0) is 26.2 Å². The molecule has 16 heavy (non-hydrogen) atoms. The highest BCUT2D eigenvalue weighted by Crippen LogP contribution is 2.08. The number of ether oxygens (including phenoxy) is 2. The van der Waals surface area contributed by atoms with E-state index in [4.69, 9.17) is 4.74 Å². The first-order valence-corrected chi connectivity index (χ1v) is 5.43. The lowest BCUT2D eigenvalue weighted by Gasteiger charge is -2.14. The van der Waals surface area contributed by atoms with Crippen LogP contribution in [-0.2, 0) is 14.3 Å². The molecule has 0 heterocycles. The van der Waals surface area contributed by atoms with Crippen molar-refractivity contribution in [3.63, 3.8) is 0 Å². The Morgan fingerprint density at radius 1 is 0.875 bits per heavy atom. The summed E-state index contributed by atoms with van der Waals surface area (Å²) in [6.07, 6.45) is 0. The first-order chi connectivity index (χ1) is 6.83. The standard InChI is InChI=1S/C5H12O.C5H12.C3H6O2/c1-5(2,3)6-4;1-5(2,3)4;1-3(4)5-2/h1-4H3;1-4H3;1-2H3.